The van der Waals surface area contributed by atoms with Gasteiger partial charge in [0.05, 0.1) is 6.04 Å². The van der Waals surface area contributed by atoms with Gasteiger partial charge in [0.15, 0.2) is 0 Å². The van der Waals surface area contributed by atoms with Gasteiger partial charge in [0, 0.05) is 10.4 Å². The zero-order valence-corrected chi connectivity index (χ0v) is 13.3. The van der Waals surface area contributed by atoms with E-state index in [-0.39, 0.29) is 23.2 Å². The molecule has 0 aliphatic carbocycles. The molecule has 2 N–H and O–H groups in total. The second-order valence-corrected chi connectivity index (χ2v) is 6.44. The molecule has 21 heavy (non-hydrogen) atoms. The number of nitrogens with zero attached hydrogens (tertiary/aromatic N) is 2. The van der Waals surface area contributed by atoms with Gasteiger partial charge in [-0.25, -0.2) is 4.98 Å². The van der Waals surface area contributed by atoms with Crippen LogP contribution in [0.2, 0.25) is 5.02 Å². The van der Waals surface area contributed by atoms with Crippen molar-refractivity contribution in [2.75, 3.05) is 0 Å². The van der Waals surface area contributed by atoms with E-state index in [2.05, 4.69) is 20.5 Å². The summed E-state index contributed by atoms with van der Waals surface area (Å²) in [5, 5.41) is 10.3. The lowest BCUT2D eigenvalue weighted by atomic mass is 9.96. The van der Waals surface area contributed by atoms with Crippen LogP contribution in [-0.2, 0) is 5.41 Å². The first-order valence-corrected chi connectivity index (χ1v) is 7.14. The minimum Gasteiger partial charge on any atom is -0.343 e. The fraction of sp³-hybridized carbons (Fsp3) is 0.400. The lowest BCUT2D eigenvalue weighted by molar-refractivity contribution is 0.0929. The zero-order chi connectivity index (χ0) is 15.6. The van der Waals surface area contributed by atoms with E-state index in [9.17, 15) is 4.79 Å². The molecule has 112 valence electrons. The van der Waals surface area contributed by atoms with Crippen molar-refractivity contribution in [2.24, 2.45) is 0 Å². The highest BCUT2D eigenvalue weighted by Crippen LogP contribution is 2.18. The van der Waals surface area contributed by atoms with Gasteiger partial charge in [0.1, 0.15) is 5.82 Å². The number of nitrogens with one attached hydrogen (secondary N) is 2. The lowest BCUT2D eigenvalue weighted by Crippen LogP contribution is -2.27. The van der Waals surface area contributed by atoms with Crippen molar-refractivity contribution in [1.29, 1.82) is 0 Å². The molecule has 0 saturated carbocycles. The van der Waals surface area contributed by atoms with Crippen molar-refractivity contribution >= 4 is 17.5 Å². The van der Waals surface area contributed by atoms with Gasteiger partial charge >= 0.3 is 0 Å². The molecule has 0 bridgehead atoms. The maximum absolute atomic E-state index is 12.2. The smallest absolute Gasteiger partial charge is 0.291 e. The molecule has 5 nitrogen and oxygen atoms in total. The number of aromatic amines is 1. The normalized spacial score (nSPS) is 13.0. The Bertz CT molecular complexity index is 628. The van der Waals surface area contributed by atoms with Gasteiger partial charge in [0.25, 0.3) is 5.91 Å². The molecular weight excluding hydrogens is 288 g/mol. The van der Waals surface area contributed by atoms with E-state index in [0.29, 0.717) is 10.8 Å². The molecule has 2 aromatic rings. The summed E-state index contributed by atoms with van der Waals surface area (Å²) in [7, 11) is 0. The Morgan fingerprint density at radius 2 is 1.90 bits per heavy atom. The summed E-state index contributed by atoms with van der Waals surface area (Å²) < 4.78 is 0. The Labute approximate surface area is 129 Å². The topological polar surface area (TPSA) is 70.7 Å². The summed E-state index contributed by atoms with van der Waals surface area (Å²) in [5.41, 5.74) is 0.798. The predicted octanol–water partition coefficient (Wildman–Crippen LogP) is 3.25. The van der Waals surface area contributed by atoms with Crippen LogP contribution >= 0.6 is 11.6 Å². The minimum atomic E-state index is -0.302. The molecule has 0 saturated heterocycles. The first-order valence-electron chi connectivity index (χ1n) is 6.76. The van der Waals surface area contributed by atoms with Gasteiger partial charge < -0.3 is 5.32 Å². The number of hydrogen-bond acceptors (Lipinski definition) is 3. The Morgan fingerprint density at radius 3 is 2.43 bits per heavy atom. The van der Waals surface area contributed by atoms with Crippen molar-refractivity contribution < 1.29 is 4.79 Å². The maximum atomic E-state index is 12.2. The van der Waals surface area contributed by atoms with E-state index >= 15 is 0 Å². The molecule has 0 aliphatic rings. The summed E-state index contributed by atoms with van der Waals surface area (Å²) in [6, 6.07) is 7.21. The Morgan fingerprint density at radius 1 is 1.29 bits per heavy atom. The zero-order valence-electron chi connectivity index (χ0n) is 12.6. The maximum Gasteiger partial charge on any atom is 0.291 e. The molecule has 1 amide bonds. The third-order valence-corrected chi connectivity index (χ3v) is 3.37. The van der Waals surface area contributed by atoms with Crippen molar-refractivity contribution in [3.05, 3.63) is 46.5 Å². The first kappa shape index (κ1) is 15.5. The summed E-state index contributed by atoms with van der Waals surface area (Å²) in [5.74, 6) is 0.539. The van der Waals surface area contributed by atoms with Crippen LogP contribution in [0.1, 0.15) is 55.7 Å². The average molecular weight is 307 g/mol. The number of H-pyrrole nitrogens is 1. The van der Waals surface area contributed by atoms with Gasteiger partial charge in [0.2, 0.25) is 5.82 Å². The molecule has 1 atom stereocenters. The summed E-state index contributed by atoms with van der Waals surface area (Å²) >= 11 is 5.85. The fourth-order valence-electron chi connectivity index (χ4n) is 1.79. The molecule has 1 unspecified atom stereocenters. The van der Waals surface area contributed by atoms with E-state index in [1.165, 1.54) is 0 Å². The van der Waals surface area contributed by atoms with Gasteiger partial charge in [-0.05, 0) is 24.6 Å². The van der Waals surface area contributed by atoms with Gasteiger partial charge in [-0.1, -0.05) is 44.5 Å². The first-order chi connectivity index (χ1) is 9.77. The van der Waals surface area contributed by atoms with Crippen LogP contribution in [0.4, 0.5) is 0 Å². The van der Waals surface area contributed by atoms with Crippen LogP contribution in [0.25, 0.3) is 0 Å². The number of halogens is 1. The van der Waals surface area contributed by atoms with Crippen molar-refractivity contribution in [3.63, 3.8) is 0 Å². The van der Waals surface area contributed by atoms with Crippen LogP contribution < -0.4 is 5.32 Å². The number of amides is 1. The largest absolute Gasteiger partial charge is 0.343 e. The number of rotatable bonds is 3. The van der Waals surface area contributed by atoms with E-state index in [1.54, 1.807) is 12.1 Å². The van der Waals surface area contributed by atoms with Crippen LogP contribution in [0.3, 0.4) is 0 Å². The summed E-state index contributed by atoms with van der Waals surface area (Å²) in [4.78, 5) is 16.4. The third-order valence-electron chi connectivity index (χ3n) is 3.12. The van der Waals surface area contributed by atoms with Gasteiger partial charge in [-0.2, -0.15) is 0 Å². The number of hydrogen-bond donors (Lipinski definition) is 2. The van der Waals surface area contributed by atoms with Crippen molar-refractivity contribution in [2.45, 2.75) is 39.2 Å². The number of carbonyl (C=O) groups is 1. The van der Waals surface area contributed by atoms with E-state index in [1.807, 2.05) is 39.8 Å². The summed E-state index contributed by atoms with van der Waals surface area (Å²) in [6.45, 7) is 7.92. The van der Waals surface area contributed by atoms with Crippen molar-refractivity contribution in [1.82, 2.24) is 20.5 Å². The molecule has 1 aromatic heterocycles. The Hall–Kier alpha value is -1.88. The third kappa shape index (κ3) is 3.82. The molecule has 0 spiro atoms. The Balaban J connectivity index is 2.07. The highest BCUT2D eigenvalue weighted by atomic mass is 35.5. The quantitative estimate of drug-likeness (QED) is 0.914. The van der Waals surface area contributed by atoms with Crippen LogP contribution in [0, 0.1) is 0 Å². The Kier molecular flexibility index (Phi) is 4.32. The molecule has 6 heteroatoms. The molecule has 1 aromatic carbocycles. The van der Waals surface area contributed by atoms with E-state index in [0.717, 1.165) is 5.56 Å². The number of benzene rings is 1. The molecule has 0 aliphatic heterocycles. The molecule has 2 rings (SSSR count). The highest BCUT2D eigenvalue weighted by molar-refractivity contribution is 6.30. The predicted molar refractivity (Wildman–Crippen MR) is 82.4 cm³/mol. The van der Waals surface area contributed by atoms with Crippen molar-refractivity contribution in [3.8, 4) is 0 Å². The number of aromatic nitrogens is 3. The summed E-state index contributed by atoms with van der Waals surface area (Å²) in [6.07, 6.45) is 0. The average Bonchev–Trinajstić information content (AvgIpc) is 2.88. The number of carbonyl (C=O) groups excluding carboxylic acids is 1. The standard InChI is InChI=1S/C15H19ClN4O/c1-9(10-5-7-11(16)8-6-10)17-13(21)12-18-14(20-19-12)15(2,3)4/h5-9H,1-4H3,(H,17,21)(H,18,19,20). The van der Waals surface area contributed by atoms with Crippen LogP contribution in [-0.4, -0.2) is 21.1 Å². The minimum absolute atomic E-state index is 0.147. The lowest BCUT2D eigenvalue weighted by Gasteiger charge is -2.14. The van der Waals surface area contributed by atoms with Crippen LogP contribution in [0.5, 0.6) is 0 Å². The second kappa shape index (κ2) is 5.85. The van der Waals surface area contributed by atoms with E-state index < -0.39 is 0 Å². The van der Waals surface area contributed by atoms with Crippen LogP contribution in [0.15, 0.2) is 24.3 Å². The van der Waals surface area contributed by atoms with Gasteiger partial charge in [-0.15, -0.1) is 5.10 Å². The monoisotopic (exact) mass is 306 g/mol. The molecule has 0 fully saturated rings. The SMILES string of the molecule is CC(NC(=O)c1n[nH]c(C(C)(C)C)n1)c1ccc(Cl)cc1. The molecule has 1 heterocycles. The molecule has 0 radical (unpaired) electrons. The van der Waals surface area contributed by atoms with E-state index in [4.69, 9.17) is 11.6 Å². The highest BCUT2D eigenvalue weighted by Gasteiger charge is 2.22. The molecular formula is C15H19ClN4O. The fourth-order valence-corrected chi connectivity index (χ4v) is 1.92. The van der Waals surface area contributed by atoms with Gasteiger partial charge in [-0.3, -0.25) is 9.89 Å². The second-order valence-electron chi connectivity index (χ2n) is 6.00.